The zero-order chi connectivity index (χ0) is 9.30. The average molecular weight is 237 g/mol. The van der Waals surface area contributed by atoms with Crippen LogP contribution in [-0.4, -0.2) is 44.7 Å². The first kappa shape index (κ1) is 9.85. The molecule has 12 heavy (non-hydrogen) atoms. The summed E-state index contributed by atoms with van der Waals surface area (Å²) >= 11 is 2.93. The number of Topliss-reactive ketones (excluding diaryl/α,β-unsaturated/α-hetero) is 1. The monoisotopic (exact) mass is 236 g/mol. The molecular weight excluding hydrogens is 228 g/mol. The largest absolute Gasteiger partial charge is 0.392 e. The lowest BCUT2D eigenvalue weighted by Gasteiger charge is -2.25. The highest BCUT2D eigenvalue weighted by molar-refractivity contribution is 9.10. The van der Waals surface area contributed by atoms with Crippen LogP contribution in [0.25, 0.3) is 0 Å². The number of alkyl halides is 1. The Balaban J connectivity index is 2.92. The van der Waals surface area contributed by atoms with Gasteiger partial charge in [-0.15, -0.1) is 0 Å². The van der Waals surface area contributed by atoms with E-state index in [1.807, 2.05) is 0 Å². The van der Waals surface area contributed by atoms with E-state index in [0.717, 1.165) is 0 Å². The molecule has 0 aromatic carbocycles. The van der Waals surface area contributed by atoms with Gasteiger partial charge in [-0.05, 0) is 6.08 Å². The topological polar surface area (TPSA) is 77.8 Å². The number of ketones is 1. The molecule has 1 aliphatic rings. The van der Waals surface area contributed by atoms with Crippen LogP contribution in [-0.2, 0) is 4.79 Å². The van der Waals surface area contributed by atoms with E-state index in [9.17, 15) is 9.90 Å². The summed E-state index contributed by atoms with van der Waals surface area (Å²) in [5.41, 5.74) is 0.134. The second-order valence-electron chi connectivity index (χ2n) is 2.60. The molecule has 0 radical (unpaired) electrons. The smallest absolute Gasteiger partial charge is 0.177 e. The Morgan fingerprint density at radius 1 is 1.50 bits per heavy atom. The highest BCUT2D eigenvalue weighted by Gasteiger charge is 2.35. The summed E-state index contributed by atoms with van der Waals surface area (Å²) < 4.78 is 0. The van der Waals surface area contributed by atoms with Gasteiger partial charge in [-0.2, -0.15) is 0 Å². The van der Waals surface area contributed by atoms with E-state index in [4.69, 9.17) is 10.2 Å². The van der Waals surface area contributed by atoms with Crippen LogP contribution in [0.1, 0.15) is 0 Å². The molecular formula is C7H9BrO4. The predicted molar refractivity (Wildman–Crippen MR) is 44.9 cm³/mol. The molecule has 0 aliphatic heterocycles. The quantitative estimate of drug-likeness (QED) is 0.510. The maximum absolute atomic E-state index is 11.2. The molecule has 0 saturated carbocycles. The Kier molecular flexibility index (Phi) is 3.00. The maximum Gasteiger partial charge on any atom is 0.177 e. The molecule has 0 spiro atoms. The van der Waals surface area contributed by atoms with Crippen molar-refractivity contribution in [2.45, 2.75) is 17.0 Å². The highest BCUT2D eigenvalue weighted by Crippen LogP contribution is 2.21. The van der Waals surface area contributed by atoms with Crippen LogP contribution in [0.3, 0.4) is 0 Å². The summed E-state index contributed by atoms with van der Waals surface area (Å²) in [4.78, 5) is 10.3. The number of carbonyl (C=O) groups is 1. The van der Waals surface area contributed by atoms with Crippen LogP contribution in [0.15, 0.2) is 11.6 Å². The van der Waals surface area contributed by atoms with Crippen molar-refractivity contribution in [3.63, 3.8) is 0 Å². The van der Waals surface area contributed by atoms with Gasteiger partial charge in [0.2, 0.25) is 0 Å². The molecule has 0 bridgehead atoms. The van der Waals surface area contributed by atoms with Gasteiger partial charge in [0.25, 0.3) is 0 Å². The highest BCUT2D eigenvalue weighted by atomic mass is 79.9. The number of aliphatic hydroxyl groups excluding tert-OH is 3. The Labute approximate surface area is 77.6 Å². The molecule has 0 unspecified atom stereocenters. The molecule has 0 heterocycles. The van der Waals surface area contributed by atoms with E-state index in [1.165, 1.54) is 6.08 Å². The van der Waals surface area contributed by atoms with Crippen molar-refractivity contribution in [1.29, 1.82) is 0 Å². The van der Waals surface area contributed by atoms with Gasteiger partial charge in [0.15, 0.2) is 5.78 Å². The minimum atomic E-state index is -1.13. The summed E-state index contributed by atoms with van der Waals surface area (Å²) in [5.74, 6) is -0.379. The number of rotatable bonds is 1. The van der Waals surface area contributed by atoms with Gasteiger partial charge >= 0.3 is 0 Å². The predicted octanol–water partition coefficient (Wildman–Crippen LogP) is -1.03. The summed E-state index contributed by atoms with van der Waals surface area (Å²) in [6.45, 7) is -0.412. The van der Waals surface area contributed by atoms with Crippen molar-refractivity contribution >= 4 is 21.7 Å². The first-order chi connectivity index (χ1) is 5.57. The summed E-state index contributed by atoms with van der Waals surface area (Å²) in [6.07, 6.45) is -1.05. The van der Waals surface area contributed by atoms with Gasteiger partial charge in [-0.25, -0.2) is 0 Å². The molecule has 68 valence electrons. The Morgan fingerprint density at radius 3 is 2.58 bits per heavy atom. The number of aliphatic hydroxyl groups is 3. The van der Waals surface area contributed by atoms with Crippen LogP contribution >= 0.6 is 15.9 Å². The normalized spacial score (nSPS) is 36.5. The van der Waals surface area contributed by atoms with Gasteiger partial charge in [0.05, 0.1) is 6.61 Å². The lowest BCUT2D eigenvalue weighted by molar-refractivity contribution is -0.119. The standard InChI is InChI=1S/C7H9BrO4/c8-5-6(11)3(2-9)1-4(10)7(5)12/h1,4-5,7,9-10,12H,2H2/t4-,5+,7-/m1/s1. The SMILES string of the molecule is O=C1C(CO)=C[C@@H](O)[C@@H](O)[C@H]1Br. The van der Waals surface area contributed by atoms with Crippen LogP contribution in [0, 0.1) is 0 Å². The molecule has 0 fully saturated rings. The fourth-order valence-corrected chi connectivity index (χ4v) is 1.63. The Morgan fingerprint density at radius 2 is 2.08 bits per heavy atom. The van der Waals surface area contributed by atoms with E-state index < -0.39 is 23.6 Å². The third-order valence-corrected chi connectivity index (χ3v) is 2.72. The van der Waals surface area contributed by atoms with Crippen molar-refractivity contribution in [3.8, 4) is 0 Å². The van der Waals surface area contributed by atoms with Gasteiger partial charge in [0, 0.05) is 5.57 Å². The van der Waals surface area contributed by atoms with E-state index in [-0.39, 0.29) is 11.4 Å². The molecule has 5 heteroatoms. The lowest BCUT2D eigenvalue weighted by atomic mass is 9.94. The van der Waals surface area contributed by atoms with Crippen molar-refractivity contribution in [2.75, 3.05) is 6.61 Å². The molecule has 0 aromatic heterocycles. The first-order valence-electron chi connectivity index (χ1n) is 3.44. The number of carbonyl (C=O) groups excluding carboxylic acids is 1. The number of hydrogen-bond donors (Lipinski definition) is 3. The summed E-state index contributed by atoms with van der Waals surface area (Å²) in [7, 11) is 0. The van der Waals surface area contributed by atoms with Crippen molar-refractivity contribution in [1.82, 2.24) is 0 Å². The zero-order valence-corrected chi connectivity index (χ0v) is 7.73. The van der Waals surface area contributed by atoms with Crippen molar-refractivity contribution in [2.24, 2.45) is 0 Å². The number of hydrogen-bond acceptors (Lipinski definition) is 4. The molecule has 4 nitrogen and oxygen atoms in total. The third-order valence-electron chi connectivity index (χ3n) is 1.76. The summed E-state index contributed by atoms with van der Waals surface area (Å²) in [5, 5.41) is 27.0. The van der Waals surface area contributed by atoms with Crippen LogP contribution in [0.4, 0.5) is 0 Å². The average Bonchev–Trinajstić information content (AvgIpc) is 2.08. The summed E-state index contributed by atoms with van der Waals surface area (Å²) in [6, 6.07) is 0. The zero-order valence-electron chi connectivity index (χ0n) is 6.14. The van der Waals surface area contributed by atoms with E-state index >= 15 is 0 Å². The van der Waals surface area contributed by atoms with Crippen LogP contribution in [0.5, 0.6) is 0 Å². The molecule has 0 saturated heterocycles. The van der Waals surface area contributed by atoms with Crippen LogP contribution < -0.4 is 0 Å². The molecule has 1 aliphatic carbocycles. The second-order valence-corrected chi connectivity index (χ2v) is 3.58. The maximum atomic E-state index is 11.2. The van der Waals surface area contributed by atoms with Gasteiger partial charge in [0.1, 0.15) is 17.0 Å². The number of halogens is 1. The third kappa shape index (κ3) is 1.59. The van der Waals surface area contributed by atoms with Crippen LogP contribution in [0.2, 0.25) is 0 Å². The first-order valence-corrected chi connectivity index (χ1v) is 4.35. The molecule has 1 rings (SSSR count). The molecule has 0 amide bonds. The fourth-order valence-electron chi connectivity index (χ4n) is 1.02. The van der Waals surface area contributed by atoms with Gasteiger partial charge in [-0.3, -0.25) is 4.79 Å². The minimum absolute atomic E-state index is 0.134. The second kappa shape index (κ2) is 3.66. The van der Waals surface area contributed by atoms with E-state index in [2.05, 4.69) is 15.9 Å². The van der Waals surface area contributed by atoms with Crippen molar-refractivity contribution < 1.29 is 20.1 Å². The van der Waals surface area contributed by atoms with Crippen molar-refractivity contribution in [3.05, 3.63) is 11.6 Å². The minimum Gasteiger partial charge on any atom is -0.392 e. The van der Waals surface area contributed by atoms with Gasteiger partial charge < -0.3 is 15.3 Å². The Hall–Kier alpha value is -0.230. The van der Waals surface area contributed by atoms with E-state index in [0.29, 0.717) is 0 Å². The lowest BCUT2D eigenvalue weighted by Crippen LogP contribution is -2.43. The molecule has 3 N–H and O–H groups in total. The van der Waals surface area contributed by atoms with Gasteiger partial charge in [-0.1, -0.05) is 15.9 Å². The molecule has 0 aromatic rings. The fraction of sp³-hybridized carbons (Fsp3) is 0.571. The molecule has 3 atom stereocenters. The van der Waals surface area contributed by atoms with E-state index in [1.54, 1.807) is 0 Å². The Bertz CT molecular complexity index is 225.